The number of hydrogen-bond donors (Lipinski definition) is 1. The van der Waals surface area contributed by atoms with E-state index < -0.39 is 0 Å². The summed E-state index contributed by atoms with van der Waals surface area (Å²) in [5.41, 5.74) is 2.12. The highest BCUT2D eigenvalue weighted by molar-refractivity contribution is 9.10. The monoisotopic (exact) mass is 285 g/mol. The lowest BCUT2D eigenvalue weighted by atomic mass is 10.1. The van der Waals surface area contributed by atoms with Gasteiger partial charge in [0.15, 0.2) is 0 Å². The first-order valence-electron chi connectivity index (χ1n) is 5.79. The highest BCUT2D eigenvalue weighted by atomic mass is 79.9. The molecule has 1 unspecified atom stereocenters. The van der Waals surface area contributed by atoms with Crippen LogP contribution in [0.15, 0.2) is 22.7 Å². The van der Waals surface area contributed by atoms with Gasteiger partial charge in [-0.05, 0) is 32.4 Å². The molecule has 1 aromatic rings. The van der Waals surface area contributed by atoms with Crippen LogP contribution in [-0.2, 0) is 6.61 Å². The molecule has 0 spiro atoms. The highest BCUT2D eigenvalue weighted by Crippen LogP contribution is 2.27. The van der Waals surface area contributed by atoms with Crippen LogP contribution in [0, 0.1) is 0 Å². The molecule has 16 heavy (non-hydrogen) atoms. The molecule has 90 valence electrons. The lowest BCUT2D eigenvalue weighted by molar-refractivity contribution is 0.282. The summed E-state index contributed by atoms with van der Waals surface area (Å²) < 4.78 is 1.06. The third-order valence-corrected chi connectivity index (χ3v) is 3.48. The summed E-state index contributed by atoms with van der Waals surface area (Å²) in [6.45, 7) is 7.59. The van der Waals surface area contributed by atoms with Gasteiger partial charge in [0.1, 0.15) is 0 Å². The Bertz CT molecular complexity index is 341. The van der Waals surface area contributed by atoms with E-state index in [0.717, 1.165) is 28.7 Å². The van der Waals surface area contributed by atoms with Crippen molar-refractivity contribution < 1.29 is 5.11 Å². The molecule has 0 aliphatic rings. The van der Waals surface area contributed by atoms with Crippen LogP contribution in [0.3, 0.4) is 0 Å². The summed E-state index contributed by atoms with van der Waals surface area (Å²) in [6.07, 6.45) is 1.10. The summed E-state index contributed by atoms with van der Waals surface area (Å²) >= 11 is 3.49. The molecule has 2 nitrogen and oxygen atoms in total. The third-order valence-electron chi connectivity index (χ3n) is 2.99. The van der Waals surface area contributed by atoms with Crippen molar-refractivity contribution in [2.45, 2.75) is 39.8 Å². The number of aliphatic hydroxyl groups is 1. The second-order valence-electron chi connectivity index (χ2n) is 3.97. The van der Waals surface area contributed by atoms with Crippen molar-refractivity contribution in [3.05, 3.63) is 28.2 Å². The van der Waals surface area contributed by atoms with Crippen LogP contribution in [-0.4, -0.2) is 17.7 Å². The lowest BCUT2D eigenvalue weighted by Gasteiger charge is -2.31. The summed E-state index contributed by atoms with van der Waals surface area (Å²) in [7, 11) is 0. The molecule has 0 radical (unpaired) electrons. The van der Waals surface area contributed by atoms with E-state index in [9.17, 15) is 5.11 Å². The zero-order valence-corrected chi connectivity index (χ0v) is 11.8. The zero-order chi connectivity index (χ0) is 12.1. The van der Waals surface area contributed by atoms with Crippen molar-refractivity contribution in [1.29, 1.82) is 0 Å². The standard InChI is InChI=1S/C13H20BrNO/c1-4-10(3)15(5-2)13-8-12(14)7-6-11(13)9-16/h6-8,10,16H,4-5,9H2,1-3H3. The Hall–Kier alpha value is -0.540. The molecule has 0 bridgehead atoms. The number of halogens is 1. The van der Waals surface area contributed by atoms with E-state index in [0.29, 0.717) is 6.04 Å². The van der Waals surface area contributed by atoms with Crippen LogP contribution in [0.4, 0.5) is 5.69 Å². The molecule has 0 fully saturated rings. The smallest absolute Gasteiger partial charge is 0.0702 e. The molecule has 1 rings (SSSR count). The number of benzene rings is 1. The number of hydrogen-bond acceptors (Lipinski definition) is 2. The molecule has 1 atom stereocenters. The second-order valence-corrected chi connectivity index (χ2v) is 4.89. The lowest BCUT2D eigenvalue weighted by Crippen LogP contribution is -2.33. The van der Waals surface area contributed by atoms with Crippen LogP contribution < -0.4 is 4.90 Å². The average Bonchev–Trinajstić information content (AvgIpc) is 2.30. The van der Waals surface area contributed by atoms with Gasteiger partial charge in [-0.15, -0.1) is 0 Å². The normalized spacial score (nSPS) is 12.6. The van der Waals surface area contributed by atoms with E-state index in [-0.39, 0.29) is 6.61 Å². The van der Waals surface area contributed by atoms with Crippen LogP contribution in [0.2, 0.25) is 0 Å². The summed E-state index contributed by atoms with van der Waals surface area (Å²) in [4.78, 5) is 2.33. The first kappa shape index (κ1) is 13.5. The van der Waals surface area contributed by atoms with Crippen molar-refractivity contribution >= 4 is 21.6 Å². The summed E-state index contributed by atoms with van der Waals surface area (Å²) in [5.74, 6) is 0. The minimum atomic E-state index is 0.0928. The molecule has 0 aliphatic carbocycles. The fourth-order valence-electron chi connectivity index (χ4n) is 1.88. The Morgan fingerprint density at radius 3 is 2.56 bits per heavy atom. The molecule has 0 aromatic heterocycles. The molecular formula is C13H20BrNO. The van der Waals surface area contributed by atoms with Gasteiger partial charge in [-0.3, -0.25) is 0 Å². The Balaban J connectivity index is 3.11. The molecule has 1 N–H and O–H groups in total. The van der Waals surface area contributed by atoms with Crippen molar-refractivity contribution in [2.24, 2.45) is 0 Å². The number of anilines is 1. The van der Waals surface area contributed by atoms with Crippen LogP contribution >= 0.6 is 15.9 Å². The quantitative estimate of drug-likeness (QED) is 0.894. The largest absolute Gasteiger partial charge is 0.392 e. The molecule has 0 saturated heterocycles. The van der Waals surface area contributed by atoms with E-state index in [2.05, 4.69) is 47.7 Å². The number of aliphatic hydroxyl groups excluding tert-OH is 1. The Labute approximate surface area is 106 Å². The van der Waals surface area contributed by atoms with Crippen molar-refractivity contribution in [3.8, 4) is 0 Å². The van der Waals surface area contributed by atoms with E-state index in [1.807, 2.05) is 12.1 Å². The van der Waals surface area contributed by atoms with Gasteiger partial charge in [-0.1, -0.05) is 28.9 Å². The maximum absolute atomic E-state index is 9.37. The molecular weight excluding hydrogens is 266 g/mol. The first-order chi connectivity index (χ1) is 7.63. The highest BCUT2D eigenvalue weighted by Gasteiger charge is 2.14. The van der Waals surface area contributed by atoms with Crippen molar-refractivity contribution in [1.82, 2.24) is 0 Å². The van der Waals surface area contributed by atoms with Crippen LogP contribution in [0.25, 0.3) is 0 Å². The van der Waals surface area contributed by atoms with Gasteiger partial charge < -0.3 is 10.0 Å². The predicted molar refractivity (Wildman–Crippen MR) is 72.8 cm³/mol. The van der Waals surface area contributed by atoms with E-state index >= 15 is 0 Å². The fraction of sp³-hybridized carbons (Fsp3) is 0.538. The molecule has 0 amide bonds. The first-order valence-corrected chi connectivity index (χ1v) is 6.59. The predicted octanol–water partition coefficient (Wildman–Crippen LogP) is 3.57. The van der Waals surface area contributed by atoms with Gasteiger partial charge in [0, 0.05) is 28.3 Å². The molecule has 0 aliphatic heterocycles. The minimum Gasteiger partial charge on any atom is -0.392 e. The van der Waals surface area contributed by atoms with Gasteiger partial charge in [0.25, 0.3) is 0 Å². The van der Waals surface area contributed by atoms with Gasteiger partial charge >= 0.3 is 0 Å². The SMILES string of the molecule is CCC(C)N(CC)c1cc(Br)ccc1CO. The van der Waals surface area contributed by atoms with Crippen molar-refractivity contribution in [3.63, 3.8) is 0 Å². The molecule has 0 heterocycles. The van der Waals surface area contributed by atoms with E-state index in [4.69, 9.17) is 0 Å². The van der Waals surface area contributed by atoms with E-state index in [1.54, 1.807) is 0 Å². The Morgan fingerprint density at radius 1 is 1.38 bits per heavy atom. The molecule has 3 heteroatoms. The maximum Gasteiger partial charge on any atom is 0.0702 e. The van der Waals surface area contributed by atoms with Gasteiger partial charge in [-0.2, -0.15) is 0 Å². The fourth-order valence-corrected chi connectivity index (χ4v) is 2.23. The molecule has 1 aromatic carbocycles. The molecule has 0 saturated carbocycles. The van der Waals surface area contributed by atoms with Gasteiger partial charge in [0.2, 0.25) is 0 Å². The summed E-state index contributed by atoms with van der Waals surface area (Å²) in [5, 5.41) is 9.37. The average molecular weight is 286 g/mol. The number of nitrogens with zero attached hydrogens (tertiary/aromatic N) is 1. The third kappa shape index (κ3) is 2.98. The Morgan fingerprint density at radius 2 is 2.06 bits per heavy atom. The second kappa shape index (κ2) is 6.26. The van der Waals surface area contributed by atoms with Crippen LogP contribution in [0.5, 0.6) is 0 Å². The minimum absolute atomic E-state index is 0.0928. The maximum atomic E-state index is 9.37. The topological polar surface area (TPSA) is 23.5 Å². The van der Waals surface area contributed by atoms with Gasteiger partial charge in [-0.25, -0.2) is 0 Å². The Kier molecular flexibility index (Phi) is 5.29. The number of rotatable bonds is 5. The van der Waals surface area contributed by atoms with Gasteiger partial charge in [0.05, 0.1) is 6.61 Å². The van der Waals surface area contributed by atoms with Crippen molar-refractivity contribution in [2.75, 3.05) is 11.4 Å². The summed E-state index contributed by atoms with van der Waals surface area (Å²) in [6, 6.07) is 6.52. The van der Waals surface area contributed by atoms with E-state index in [1.165, 1.54) is 0 Å². The van der Waals surface area contributed by atoms with Crippen LogP contribution in [0.1, 0.15) is 32.8 Å². The zero-order valence-electron chi connectivity index (χ0n) is 10.2.